The molecule has 0 fully saturated rings. The summed E-state index contributed by atoms with van der Waals surface area (Å²) in [5, 5.41) is 2.90. The Morgan fingerprint density at radius 2 is 1.76 bits per heavy atom. The van der Waals surface area contributed by atoms with Crippen LogP contribution in [0.3, 0.4) is 0 Å². The van der Waals surface area contributed by atoms with E-state index < -0.39 is 0 Å². The van der Waals surface area contributed by atoms with E-state index in [-0.39, 0.29) is 5.97 Å². The van der Waals surface area contributed by atoms with Gasteiger partial charge in [-0.25, -0.2) is 4.79 Å². The van der Waals surface area contributed by atoms with E-state index in [4.69, 9.17) is 10.5 Å². The van der Waals surface area contributed by atoms with Crippen molar-refractivity contribution in [3.63, 3.8) is 0 Å². The number of para-hydroxylation sites is 1. The number of nitrogens with one attached hydrogen (secondary N) is 1. The summed E-state index contributed by atoms with van der Waals surface area (Å²) in [5.41, 5.74) is 7.44. The van der Waals surface area contributed by atoms with Gasteiger partial charge in [0.1, 0.15) is 5.75 Å². The van der Waals surface area contributed by atoms with Crippen LogP contribution >= 0.6 is 0 Å². The number of methoxy groups -OCH3 is 2. The first-order chi connectivity index (χ1) is 10.1. The molecular weight excluding hydrogens is 268 g/mol. The predicted octanol–water partition coefficient (Wildman–Crippen LogP) is 2.79. The van der Waals surface area contributed by atoms with Gasteiger partial charge in [-0.05, 0) is 30.3 Å². The van der Waals surface area contributed by atoms with E-state index in [9.17, 15) is 4.79 Å². The molecule has 2 aromatic rings. The van der Waals surface area contributed by atoms with Crippen LogP contribution in [0.2, 0.25) is 0 Å². The zero-order valence-corrected chi connectivity index (χ0v) is 12.4. The third kappa shape index (κ3) is 5.06. The molecule has 2 aromatic carbocycles. The standard InChI is InChI=1S/C9H12N2O2.C7H8O/c1-11-8-4-3-6(5-7(8)10)9(12)13-2;1-8-7-5-3-2-4-6-7/h3-5,11H,10H2,1-2H3;2-6H,1H3. The van der Waals surface area contributed by atoms with Crippen molar-refractivity contribution in [1.29, 1.82) is 0 Å². The largest absolute Gasteiger partial charge is 0.497 e. The van der Waals surface area contributed by atoms with Gasteiger partial charge in [0.15, 0.2) is 0 Å². The van der Waals surface area contributed by atoms with Gasteiger partial charge in [0, 0.05) is 7.05 Å². The topological polar surface area (TPSA) is 73.6 Å². The Morgan fingerprint density at radius 1 is 1.10 bits per heavy atom. The number of ether oxygens (including phenoxy) is 2. The summed E-state index contributed by atoms with van der Waals surface area (Å²) in [5.74, 6) is 0.529. The molecule has 0 saturated carbocycles. The highest BCUT2D eigenvalue weighted by Crippen LogP contribution is 2.19. The van der Waals surface area contributed by atoms with Gasteiger partial charge in [0.25, 0.3) is 0 Å². The number of nitrogens with two attached hydrogens (primary N) is 1. The first kappa shape index (κ1) is 16.4. The van der Waals surface area contributed by atoms with Crippen molar-refractivity contribution in [2.24, 2.45) is 0 Å². The summed E-state index contributed by atoms with van der Waals surface area (Å²) in [6, 6.07) is 14.7. The van der Waals surface area contributed by atoms with Crippen molar-refractivity contribution >= 4 is 17.3 Å². The molecule has 5 heteroatoms. The van der Waals surface area contributed by atoms with Crippen molar-refractivity contribution in [1.82, 2.24) is 0 Å². The highest BCUT2D eigenvalue weighted by molar-refractivity contribution is 5.91. The average Bonchev–Trinajstić information content (AvgIpc) is 2.55. The van der Waals surface area contributed by atoms with Crippen LogP contribution < -0.4 is 15.8 Å². The van der Waals surface area contributed by atoms with Gasteiger partial charge in [-0.3, -0.25) is 0 Å². The van der Waals surface area contributed by atoms with E-state index in [1.54, 1.807) is 32.4 Å². The maximum Gasteiger partial charge on any atom is 0.337 e. The lowest BCUT2D eigenvalue weighted by molar-refractivity contribution is 0.0601. The third-order valence-corrected chi connectivity index (χ3v) is 2.72. The number of anilines is 2. The van der Waals surface area contributed by atoms with E-state index >= 15 is 0 Å². The summed E-state index contributed by atoms with van der Waals surface area (Å²) in [4.78, 5) is 11.1. The lowest BCUT2D eigenvalue weighted by Gasteiger charge is -2.05. The van der Waals surface area contributed by atoms with Gasteiger partial charge >= 0.3 is 5.97 Å². The van der Waals surface area contributed by atoms with E-state index in [1.165, 1.54) is 7.11 Å². The molecule has 2 rings (SSSR count). The van der Waals surface area contributed by atoms with Crippen LogP contribution in [0.1, 0.15) is 10.4 Å². The van der Waals surface area contributed by atoms with Gasteiger partial charge in [-0.1, -0.05) is 18.2 Å². The number of carbonyl (C=O) groups excluding carboxylic acids is 1. The average molecular weight is 288 g/mol. The van der Waals surface area contributed by atoms with Crippen LogP contribution in [-0.4, -0.2) is 27.2 Å². The number of carbonyl (C=O) groups is 1. The lowest BCUT2D eigenvalue weighted by Crippen LogP contribution is -2.03. The first-order valence-corrected chi connectivity index (χ1v) is 6.37. The molecule has 0 atom stereocenters. The quantitative estimate of drug-likeness (QED) is 0.671. The minimum absolute atomic E-state index is 0.380. The molecule has 0 amide bonds. The van der Waals surface area contributed by atoms with E-state index in [0.29, 0.717) is 11.3 Å². The second kappa shape index (κ2) is 8.47. The number of rotatable bonds is 3. The van der Waals surface area contributed by atoms with Crippen LogP contribution in [0.25, 0.3) is 0 Å². The molecule has 0 aliphatic rings. The molecule has 0 bridgehead atoms. The Balaban J connectivity index is 0.000000235. The molecule has 0 heterocycles. The summed E-state index contributed by atoms with van der Waals surface area (Å²) < 4.78 is 9.46. The molecule has 0 unspecified atom stereocenters. The van der Waals surface area contributed by atoms with Crippen LogP contribution in [0.15, 0.2) is 48.5 Å². The Hall–Kier alpha value is -2.69. The fourth-order valence-corrected chi connectivity index (χ4v) is 1.59. The number of nitrogen functional groups attached to an aromatic ring is 1. The summed E-state index contributed by atoms with van der Waals surface area (Å²) >= 11 is 0. The van der Waals surface area contributed by atoms with Crippen molar-refractivity contribution in [3.8, 4) is 5.75 Å². The Morgan fingerprint density at radius 3 is 2.19 bits per heavy atom. The Labute approximate surface area is 124 Å². The molecule has 5 nitrogen and oxygen atoms in total. The SMILES string of the molecule is CNc1ccc(C(=O)OC)cc1N.COc1ccccc1. The van der Waals surface area contributed by atoms with Crippen LogP contribution in [0.5, 0.6) is 5.75 Å². The molecule has 0 aliphatic carbocycles. The molecule has 0 radical (unpaired) electrons. The van der Waals surface area contributed by atoms with Gasteiger partial charge in [-0.2, -0.15) is 0 Å². The van der Waals surface area contributed by atoms with E-state index in [2.05, 4.69) is 10.1 Å². The molecule has 0 aromatic heterocycles. The second-order valence-corrected chi connectivity index (χ2v) is 4.06. The van der Waals surface area contributed by atoms with Crippen molar-refractivity contribution in [2.45, 2.75) is 0 Å². The Bertz CT molecular complexity index is 571. The number of esters is 1. The number of hydrogen-bond acceptors (Lipinski definition) is 5. The second-order valence-electron chi connectivity index (χ2n) is 4.06. The molecule has 112 valence electrons. The zero-order chi connectivity index (χ0) is 15.7. The maximum absolute atomic E-state index is 11.1. The fraction of sp³-hybridized carbons (Fsp3) is 0.188. The monoisotopic (exact) mass is 288 g/mol. The zero-order valence-electron chi connectivity index (χ0n) is 12.4. The minimum atomic E-state index is -0.380. The van der Waals surface area contributed by atoms with Crippen molar-refractivity contribution < 1.29 is 14.3 Å². The highest BCUT2D eigenvalue weighted by atomic mass is 16.5. The normalized spacial score (nSPS) is 9.10. The van der Waals surface area contributed by atoms with Gasteiger partial charge in [-0.15, -0.1) is 0 Å². The van der Waals surface area contributed by atoms with Crippen molar-refractivity contribution in [2.75, 3.05) is 32.3 Å². The Kier molecular flexibility index (Phi) is 6.60. The molecule has 0 aliphatic heterocycles. The van der Waals surface area contributed by atoms with Crippen molar-refractivity contribution in [3.05, 3.63) is 54.1 Å². The summed E-state index contributed by atoms with van der Waals surface area (Å²) in [7, 11) is 4.77. The first-order valence-electron chi connectivity index (χ1n) is 6.37. The smallest absolute Gasteiger partial charge is 0.337 e. The van der Waals surface area contributed by atoms with Crippen LogP contribution in [-0.2, 0) is 4.74 Å². The van der Waals surface area contributed by atoms with Gasteiger partial charge in [0.05, 0.1) is 31.2 Å². The summed E-state index contributed by atoms with van der Waals surface area (Å²) in [6.45, 7) is 0. The van der Waals surface area contributed by atoms with E-state index in [1.807, 2.05) is 30.3 Å². The number of benzene rings is 2. The highest BCUT2D eigenvalue weighted by Gasteiger charge is 2.06. The minimum Gasteiger partial charge on any atom is -0.497 e. The van der Waals surface area contributed by atoms with Gasteiger partial charge < -0.3 is 20.5 Å². The number of hydrogen-bond donors (Lipinski definition) is 2. The van der Waals surface area contributed by atoms with E-state index in [0.717, 1.165) is 11.4 Å². The maximum atomic E-state index is 11.1. The molecule has 3 N–H and O–H groups in total. The molecule has 21 heavy (non-hydrogen) atoms. The fourth-order valence-electron chi connectivity index (χ4n) is 1.59. The molecule has 0 spiro atoms. The van der Waals surface area contributed by atoms with Gasteiger partial charge in [0.2, 0.25) is 0 Å². The molecule has 0 saturated heterocycles. The summed E-state index contributed by atoms with van der Waals surface area (Å²) in [6.07, 6.45) is 0. The van der Waals surface area contributed by atoms with Crippen LogP contribution in [0, 0.1) is 0 Å². The third-order valence-electron chi connectivity index (χ3n) is 2.72. The predicted molar refractivity (Wildman–Crippen MR) is 84.7 cm³/mol. The molecular formula is C16H20N2O3. The lowest BCUT2D eigenvalue weighted by atomic mass is 10.2. The van der Waals surface area contributed by atoms with Crippen LogP contribution in [0.4, 0.5) is 11.4 Å².